The van der Waals surface area contributed by atoms with Crippen LogP contribution >= 0.6 is 11.6 Å². The Morgan fingerprint density at radius 3 is 2.78 bits per heavy atom. The highest BCUT2D eigenvalue weighted by atomic mass is 35.5. The maximum atomic E-state index is 10.8. The highest BCUT2D eigenvalue weighted by molar-refractivity contribution is 6.30. The normalized spacial score (nSPS) is 10.8. The average molecular weight is 269 g/mol. The highest BCUT2D eigenvalue weighted by Gasteiger charge is 2.19. The van der Waals surface area contributed by atoms with Crippen molar-refractivity contribution in [3.63, 3.8) is 0 Å². The van der Waals surface area contributed by atoms with E-state index in [4.69, 9.17) is 21.6 Å². The molecule has 0 aliphatic rings. The van der Waals surface area contributed by atoms with Gasteiger partial charge in [0.05, 0.1) is 23.0 Å². The fourth-order valence-corrected chi connectivity index (χ4v) is 1.39. The standard InChI is InChI=1S/C12H13ClN2O3/c1-12(2,8-14)5-6-18-11-4-3-9(13)7-10(11)15(16)17/h3-4,7H,5-6H2,1-2H3. The predicted octanol–water partition coefficient (Wildman–Crippen LogP) is 3.57. The van der Waals surface area contributed by atoms with Gasteiger partial charge in [-0.3, -0.25) is 10.1 Å². The molecule has 0 saturated heterocycles. The Kier molecular flexibility index (Phi) is 4.51. The Morgan fingerprint density at radius 1 is 1.56 bits per heavy atom. The van der Waals surface area contributed by atoms with Crippen molar-refractivity contribution in [1.29, 1.82) is 5.26 Å². The van der Waals surface area contributed by atoms with Crippen LogP contribution in [0, 0.1) is 26.9 Å². The molecule has 1 rings (SSSR count). The number of nitrogens with zero attached hydrogens (tertiary/aromatic N) is 2. The molecule has 1 aromatic carbocycles. The van der Waals surface area contributed by atoms with E-state index in [-0.39, 0.29) is 23.1 Å². The van der Waals surface area contributed by atoms with Gasteiger partial charge < -0.3 is 4.74 Å². The molecule has 0 saturated carbocycles. The van der Waals surface area contributed by atoms with Crippen molar-refractivity contribution < 1.29 is 9.66 Å². The highest BCUT2D eigenvalue weighted by Crippen LogP contribution is 2.30. The maximum Gasteiger partial charge on any atom is 0.312 e. The first-order chi connectivity index (χ1) is 8.35. The van der Waals surface area contributed by atoms with Gasteiger partial charge >= 0.3 is 5.69 Å². The molecule has 0 aliphatic carbocycles. The number of nitro benzene ring substituents is 1. The summed E-state index contributed by atoms with van der Waals surface area (Å²) in [6, 6.07) is 6.37. The van der Waals surface area contributed by atoms with Crippen LogP contribution in [0.4, 0.5) is 5.69 Å². The van der Waals surface area contributed by atoms with E-state index in [0.29, 0.717) is 6.42 Å². The summed E-state index contributed by atoms with van der Waals surface area (Å²) in [6.45, 7) is 3.81. The van der Waals surface area contributed by atoms with Crippen LogP contribution in [0.2, 0.25) is 5.02 Å². The molecule has 0 radical (unpaired) electrons. The Bertz CT molecular complexity index is 495. The van der Waals surface area contributed by atoms with E-state index in [2.05, 4.69) is 6.07 Å². The molecule has 0 heterocycles. The number of rotatable bonds is 5. The van der Waals surface area contributed by atoms with Crippen LogP contribution in [-0.2, 0) is 0 Å². The largest absolute Gasteiger partial charge is 0.487 e. The summed E-state index contributed by atoms with van der Waals surface area (Å²) in [7, 11) is 0. The van der Waals surface area contributed by atoms with Gasteiger partial charge in [0.1, 0.15) is 0 Å². The van der Waals surface area contributed by atoms with Crippen LogP contribution in [0.5, 0.6) is 5.75 Å². The molecule has 1 aromatic rings. The van der Waals surface area contributed by atoms with E-state index in [1.54, 1.807) is 13.8 Å². The van der Waals surface area contributed by atoms with Crippen molar-refractivity contribution in [3.8, 4) is 11.8 Å². The SMILES string of the molecule is CC(C)(C#N)CCOc1ccc(Cl)cc1[N+](=O)[O-]. The summed E-state index contributed by atoms with van der Waals surface area (Å²) < 4.78 is 5.34. The average Bonchev–Trinajstić information content (AvgIpc) is 2.30. The Labute approximate surface area is 110 Å². The minimum absolute atomic E-state index is 0.165. The lowest BCUT2D eigenvalue weighted by atomic mass is 9.92. The molecule has 0 aromatic heterocycles. The molecule has 18 heavy (non-hydrogen) atoms. The zero-order valence-corrected chi connectivity index (χ0v) is 10.9. The van der Waals surface area contributed by atoms with Gasteiger partial charge in [0.25, 0.3) is 0 Å². The number of nitro groups is 1. The van der Waals surface area contributed by atoms with Crippen molar-refractivity contribution in [2.75, 3.05) is 6.61 Å². The van der Waals surface area contributed by atoms with Gasteiger partial charge in [0.2, 0.25) is 0 Å². The van der Waals surface area contributed by atoms with E-state index in [0.717, 1.165) is 0 Å². The van der Waals surface area contributed by atoms with Crippen LogP contribution in [0.25, 0.3) is 0 Å². The topological polar surface area (TPSA) is 76.2 Å². The molecular formula is C12H13ClN2O3. The lowest BCUT2D eigenvalue weighted by Gasteiger charge is -2.15. The molecule has 5 nitrogen and oxygen atoms in total. The Morgan fingerprint density at radius 2 is 2.22 bits per heavy atom. The van der Waals surface area contributed by atoms with Gasteiger partial charge in [-0.1, -0.05) is 11.6 Å². The molecule has 0 fully saturated rings. The third-order valence-electron chi connectivity index (χ3n) is 2.40. The molecule has 0 unspecified atom stereocenters. The summed E-state index contributed by atoms with van der Waals surface area (Å²) >= 11 is 5.69. The van der Waals surface area contributed by atoms with Gasteiger partial charge in [0.15, 0.2) is 5.75 Å². The van der Waals surface area contributed by atoms with Crippen molar-refractivity contribution in [1.82, 2.24) is 0 Å². The van der Waals surface area contributed by atoms with Crippen LogP contribution in [0.15, 0.2) is 18.2 Å². The van der Waals surface area contributed by atoms with Crippen molar-refractivity contribution in [3.05, 3.63) is 33.3 Å². The monoisotopic (exact) mass is 268 g/mol. The smallest absolute Gasteiger partial charge is 0.312 e. The number of ether oxygens (including phenoxy) is 1. The summed E-state index contributed by atoms with van der Waals surface area (Å²) in [5.41, 5.74) is -0.682. The van der Waals surface area contributed by atoms with Crippen molar-refractivity contribution in [2.24, 2.45) is 5.41 Å². The quantitative estimate of drug-likeness (QED) is 0.604. The zero-order chi connectivity index (χ0) is 13.8. The molecule has 0 N–H and O–H groups in total. The van der Waals surface area contributed by atoms with Crippen molar-refractivity contribution in [2.45, 2.75) is 20.3 Å². The van der Waals surface area contributed by atoms with Gasteiger partial charge in [-0.25, -0.2) is 0 Å². The minimum Gasteiger partial charge on any atom is -0.487 e. The molecule has 96 valence electrons. The molecule has 6 heteroatoms. The first kappa shape index (κ1) is 14.3. The summed E-state index contributed by atoms with van der Waals surface area (Å²) in [4.78, 5) is 10.3. The van der Waals surface area contributed by atoms with E-state index >= 15 is 0 Å². The van der Waals surface area contributed by atoms with Gasteiger partial charge in [0, 0.05) is 11.1 Å². The Balaban J connectivity index is 2.74. The van der Waals surface area contributed by atoms with E-state index in [1.165, 1.54) is 18.2 Å². The molecule has 0 spiro atoms. The molecular weight excluding hydrogens is 256 g/mol. The third kappa shape index (κ3) is 3.90. The number of halogens is 1. The summed E-state index contributed by atoms with van der Waals surface area (Å²) in [5.74, 6) is 0.165. The fraction of sp³-hybridized carbons (Fsp3) is 0.417. The van der Waals surface area contributed by atoms with Gasteiger partial charge in [-0.2, -0.15) is 5.26 Å². The molecule has 0 bridgehead atoms. The van der Waals surface area contributed by atoms with Crippen LogP contribution in [0.1, 0.15) is 20.3 Å². The van der Waals surface area contributed by atoms with E-state index in [1.807, 2.05) is 0 Å². The Hall–Kier alpha value is -1.80. The number of hydrogen-bond acceptors (Lipinski definition) is 4. The van der Waals surface area contributed by atoms with Gasteiger partial charge in [-0.15, -0.1) is 0 Å². The van der Waals surface area contributed by atoms with Crippen molar-refractivity contribution >= 4 is 17.3 Å². The number of nitriles is 1. The minimum atomic E-state index is -0.545. The first-order valence-electron chi connectivity index (χ1n) is 5.34. The second kappa shape index (κ2) is 5.69. The van der Waals surface area contributed by atoms with Crippen LogP contribution in [0.3, 0.4) is 0 Å². The van der Waals surface area contributed by atoms with E-state index in [9.17, 15) is 10.1 Å². The second-order valence-electron chi connectivity index (χ2n) is 4.46. The second-order valence-corrected chi connectivity index (χ2v) is 4.90. The molecule has 0 aliphatic heterocycles. The van der Waals surface area contributed by atoms with Crippen LogP contribution < -0.4 is 4.74 Å². The first-order valence-corrected chi connectivity index (χ1v) is 5.71. The predicted molar refractivity (Wildman–Crippen MR) is 67.6 cm³/mol. The lowest BCUT2D eigenvalue weighted by molar-refractivity contribution is -0.385. The van der Waals surface area contributed by atoms with Crippen LogP contribution in [-0.4, -0.2) is 11.5 Å². The molecule has 0 atom stereocenters. The lowest BCUT2D eigenvalue weighted by Crippen LogP contribution is -2.13. The zero-order valence-electron chi connectivity index (χ0n) is 10.1. The third-order valence-corrected chi connectivity index (χ3v) is 2.64. The van der Waals surface area contributed by atoms with E-state index < -0.39 is 10.3 Å². The number of hydrogen-bond donors (Lipinski definition) is 0. The molecule has 0 amide bonds. The van der Waals surface area contributed by atoms with Gasteiger partial charge in [-0.05, 0) is 32.4 Å². The fourth-order valence-electron chi connectivity index (χ4n) is 1.23. The number of benzene rings is 1. The maximum absolute atomic E-state index is 10.8. The summed E-state index contributed by atoms with van der Waals surface area (Å²) in [6.07, 6.45) is 0.489. The summed E-state index contributed by atoms with van der Waals surface area (Å²) in [5, 5.41) is 19.9.